The zero-order valence-corrected chi connectivity index (χ0v) is 11.8. The van der Waals surface area contributed by atoms with Crippen molar-refractivity contribution in [2.45, 2.75) is 19.9 Å². The van der Waals surface area contributed by atoms with Crippen molar-refractivity contribution in [3.63, 3.8) is 0 Å². The first-order chi connectivity index (χ1) is 8.19. The molecule has 0 aliphatic rings. The Morgan fingerprint density at radius 2 is 2.06 bits per heavy atom. The van der Waals surface area contributed by atoms with Crippen LogP contribution in [0.2, 0.25) is 0 Å². The van der Waals surface area contributed by atoms with Gasteiger partial charge in [-0.05, 0) is 33.0 Å². The normalized spacial score (nSPS) is 11.3. The van der Waals surface area contributed by atoms with Crippen LogP contribution in [0.1, 0.15) is 24.2 Å². The molecule has 0 aliphatic carbocycles. The van der Waals surface area contributed by atoms with Crippen molar-refractivity contribution < 1.29 is 9.53 Å². The molecule has 18 heavy (non-hydrogen) atoms. The highest BCUT2D eigenvalue weighted by Crippen LogP contribution is 2.17. The van der Waals surface area contributed by atoms with Crippen LogP contribution in [0, 0.1) is 0 Å². The summed E-state index contributed by atoms with van der Waals surface area (Å²) in [5.41, 5.74) is 0.581. The van der Waals surface area contributed by atoms with Crippen LogP contribution in [0.15, 0.2) is 24.3 Å². The van der Waals surface area contributed by atoms with Gasteiger partial charge in [0, 0.05) is 12.6 Å². The summed E-state index contributed by atoms with van der Waals surface area (Å²) in [6.07, 6.45) is 0. The van der Waals surface area contributed by atoms with Crippen LogP contribution in [-0.4, -0.2) is 32.1 Å². The van der Waals surface area contributed by atoms with Crippen molar-refractivity contribution in [3.8, 4) is 5.75 Å². The Bertz CT molecular complexity index is 372. The van der Waals surface area contributed by atoms with Gasteiger partial charge < -0.3 is 15.4 Å². The number of carbonyl (C=O) groups is 1. The molecule has 0 saturated carbocycles. The van der Waals surface area contributed by atoms with Gasteiger partial charge in [0.25, 0.3) is 5.91 Å². The maximum Gasteiger partial charge on any atom is 0.255 e. The first-order valence-electron chi connectivity index (χ1n) is 5.86. The third kappa shape index (κ3) is 4.94. The average Bonchev–Trinajstić information content (AvgIpc) is 2.36. The number of carbonyl (C=O) groups excluding carboxylic acids is 1. The van der Waals surface area contributed by atoms with E-state index in [-0.39, 0.29) is 24.4 Å². The first-order valence-corrected chi connectivity index (χ1v) is 5.86. The largest absolute Gasteiger partial charge is 0.493 e. The molecule has 0 aromatic heterocycles. The summed E-state index contributed by atoms with van der Waals surface area (Å²) in [5.74, 6) is 0.528. The zero-order valence-electron chi connectivity index (χ0n) is 11.0. The highest BCUT2D eigenvalue weighted by molar-refractivity contribution is 5.96. The third-order valence-corrected chi connectivity index (χ3v) is 2.49. The monoisotopic (exact) mass is 272 g/mol. The molecule has 0 spiro atoms. The lowest BCUT2D eigenvalue weighted by molar-refractivity contribution is 0.0947. The molecule has 0 radical (unpaired) electrons. The number of hydrogen-bond donors (Lipinski definition) is 2. The number of hydrogen-bond acceptors (Lipinski definition) is 3. The molecule has 1 aromatic carbocycles. The van der Waals surface area contributed by atoms with E-state index in [2.05, 4.69) is 10.6 Å². The van der Waals surface area contributed by atoms with Crippen LogP contribution in [0.4, 0.5) is 0 Å². The molecule has 0 aliphatic heterocycles. The molecular formula is C13H21ClN2O2. The summed E-state index contributed by atoms with van der Waals surface area (Å²) in [5, 5.41) is 5.93. The highest BCUT2D eigenvalue weighted by Gasteiger charge is 2.11. The number of benzene rings is 1. The minimum Gasteiger partial charge on any atom is -0.493 e. The van der Waals surface area contributed by atoms with E-state index in [0.29, 0.717) is 24.5 Å². The Labute approximate surface area is 115 Å². The molecule has 5 heteroatoms. The molecule has 1 unspecified atom stereocenters. The summed E-state index contributed by atoms with van der Waals surface area (Å²) < 4.78 is 5.41. The Balaban J connectivity index is 0.00000289. The van der Waals surface area contributed by atoms with Gasteiger partial charge in [-0.1, -0.05) is 12.1 Å². The fourth-order valence-electron chi connectivity index (χ4n) is 1.38. The molecule has 1 aromatic rings. The summed E-state index contributed by atoms with van der Waals surface area (Å²) in [4.78, 5) is 11.9. The van der Waals surface area contributed by atoms with E-state index < -0.39 is 0 Å². The van der Waals surface area contributed by atoms with Gasteiger partial charge in [0.1, 0.15) is 5.75 Å². The number of likely N-dealkylation sites (N-methyl/N-ethyl adjacent to an activating group) is 1. The fraction of sp³-hybridized carbons (Fsp3) is 0.462. The van der Waals surface area contributed by atoms with E-state index in [4.69, 9.17) is 4.74 Å². The number of halogens is 1. The summed E-state index contributed by atoms with van der Waals surface area (Å²) in [6.45, 7) is 5.06. The Morgan fingerprint density at radius 1 is 1.39 bits per heavy atom. The topological polar surface area (TPSA) is 50.4 Å². The van der Waals surface area contributed by atoms with Gasteiger partial charge in [0.15, 0.2) is 0 Å². The number of para-hydroxylation sites is 1. The van der Waals surface area contributed by atoms with Crippen LogP contribution in [0.5, 0.6) is 5.75 Å². The van der Waals surface area contributed by atoms with Gasteiger partial charge in [-0.3, -0.25) is 4.79 Å². The maximum absolute atomic E-state index is 11.9. The van der Waals surface area contributed by atoms with Crippen molar-refractivity contribution >= 4 is 18.3 Å². The van der Waals surface area contributed by atoms with E-state index in [1.807, 2.05) is 33.0 Å². The van der Waals surface area contributed by atoms with Crippen molar-refractivity contribution in [3.05, 3.63) is 29.8 Å². The SMILES string of the molecule is CCOc1ccccc1C(=O)NCC(C)NC.Cl. The minimum atomic E-state index is -0.101. The van der Waals surface area contributed by atoms with Crippen molar-refractivity contribution in [1.29, 1.82) is 0 Å². The predicted octanol–water partition coefficient (Wildman–Crippen LogP) is 1.84. The summed E-state index contributed by atoms with van der Waals surface area (Å²) in [7, 11) is 1.87. The van der Waals surface area contributed by atoms with Gasteiger partial charge in [-0.25, -0.2) is 0 Å². The molecule has 4 nitrogen and oxygen atoms in total. The molecule has 0 bridgehead atoms. The number of nitrogens with one attached hydrogen (secondary N) is 2. The molecule has 0 heterocycles. The van der Waals surface area contributed by atoms with E-state index in [9.17, 15) is 4.79 Å². The summed E-state index contributed by atoms with van der Waals surface area (Å²) in [6, 6.07) is 7.51. The Hall–Kier alpha value is -1.26. The lowest BCUT2D eigenvalue weighted by atomic mass is 10.2. The lowest BCUT2D eigenvalue weighted by Crippen LogP contribution is -2.37. The van der Waals surface area contributed by atoms with Gasteiger partial charge in [0.05, 0.1) is 12.2 Å². The van der Waals surface area contributed by atoms with Gasteiger partial charge in [-0.2, -0.15) is 0 Å². The Kier molecular flexibility index (Phi) is 8.16. The predicted molar refractivity (Wildman–Crippen MR) is 75.7 cm³/mol. The minimum absolute atomic E-state index is 0. The van der Waals surface area contributed by atoms with Crippen LogP contribution in [0.3, 0.4) is 0 Å². The van der Waals surface area contributed by atoms with Gasteiger partial charge >= 0.3 is 0 Å². The van der Waals surface area contributed by atoms with Crippen molar-refractivity contribution in [2.75, 3.05) is 20.2 Å². The van der Waals surface area contributed by atoms with Crippen LogP contribution < -0.4 is 15.4 Å². The fourth-order valence-corrected chi connectivity index (χ4v) is 1.38. The second-order valence-electron chi connectivity index (χ2n) is 3.83. The molecule has 102 valence electrons. The smallest absolute Gasteiger partial charge is 0.255 e. The quantitative estimate of drug-likeness (QED) is 0.831. The molecular weight excluding hydrogens is 252 g/mol. The van der Waals surface area contributed by atoms with Crippen molar-refractivity contribution in [2.24, 2.45) is 0 Å². The van der Waals surface area contributed by atoms with Crippen LogP contribution in [0.25, 0.3) is 0 Å². The second-order valence-corrected chi connectivity index (χ2v) is 3.83. The highest BCUT2D eigenvalue weighted by atomic mass is 35.5. The molecule has 1 atom stereocenters. The number of ether oxygens (including phenoxy) is 1. The van der Waals surface area contributed by atoms with E-state index in [1.54, 1.807) is 12.1 Å². The maximum atomic E-state index is 11.9. The standard InChI is InChI=1S/C13H20N2O2.ClH/c1-4-17-12-8-6-5-7-11(12)13(16)15-9-10(2)14-3;/h5-8,10,14H,4,9H2,1-3H3,(H,15,16);1H. The summed E-state index contributed by atoms with van der Waals surface area (Å²) >= 11 is 0. The van der Waals surface area contributed by atoms with Crippen LogP contribution in [-0.2, 0) is 0 Å². The molecule has 1 amide bonds. The molecule has 0 saturated heterocycles. The van der Waals surface area contributed by atoms with E-state index in [0.717, 1.165) is 0 Å². The molecule has 0 fully saturated rings. The average molecular weight is 273 g/mol. The zero-order chi connectivity index (χ0) is 12.7. The van der Waals surface area contributed by atoms with Crippen LogP contribution >= 0.6 is 12.4 Å². The van der Waals surface area contributed by atoms with E-state index in [1.165, 1.54) is 0 Å². The first kappa shape index (κ1) is 16.7. The second kappa shape index (κ2) is 8.78. The number of rotatable bonds is 6. The van der Waals surface area contributed by atoms with Crippen molar-refractivity contribution in [1.82, 2.24) is 10.6 Å². The third-order valence-electron chi connectivity index (χ3n) is 2.49. The van der Waals surface area contributed by atoms with Gasteiger partial charge in [0.2, 0.25) is 0 Å². The number of amides is 1. The molecule has 1 rings (SSSR count). The Morgan fingerprint density at radius 3 is 2.67 bits per heavy atom. The van der Waals surface area contributed by atoms with Gasteiger partial charge in [-0.15, -0.1) is 12.4 Å². The molecule has 2 N–H and O–H groups in total. The van der Waals surface area contributed by atoms with E-state index >= 15 is 0 Å². The lowest BCUT2D eigenvalue weighted by Gasteiger charge is -2.13.